The van der Waals surface area contributed by atoms with Crippen LogP contribution in [0.1, 0.15) is 67.3 Å². The smallest absolute Gasteiger partial charge is 0.411 e. The fraction of sp³-hybridized carbons (Fsp3) is 0.382. The second-order valence-corrected chi connectivity index (χ2v) is 12.1. The first kappa shape index (κ1) is 33.6. The second kappa shape index (κ2) is 14.7. The van der Waals surface area contributed by atoms with Crippen molar-refractivity contribution in [2.75, 3.05) is 25.6 Å². The first-order valence-electron chi connectivity index (χ1n) is 14.8. The molecular weight excluding hydrogens is 600 g/mol. The minimum Gasteiger partial charge on any atom is -0.465 e. The Labute approximate surface area is 268 Å². The number of carbonyl (C=O) groups is 3. The van der Waals surface area contributed by atoms with Gasteiger partial charge < -0.3 is 29.0 Å². The lowest BCUT2D eigenvalue weighted by atomic mass is 9.87. The molecule has 2 atom stereocenters. The van der Waals surface area contributed by atoms with Gasteiger partial charge in [-0.2, -0.15) is 0 Å². The molecule has 4 rings (SSSR count). The SMILES string of the molecule is CCOC(=O)Nc1ccc(Oc2ccc3c(c2)C[C@@H](N(C[C@@H](O)c2cccc(Cl)c2)C(=O)OC(C)(C)C)CC3)cc1C(=O)OC. The lowest BCUT2D eigenvalue weighted by Gasteiger charge is -2.37. The van der Waals surface area contributed by atoms with Crippen LogP contribution in [-0.2, 0) is 27.1 Å². The quantitative estimate of drug-likeness (QED) is 0.185. The molecule has 45 heavy (non-hydrogen) atoms. The summed E-state index contributed by atoms with van der Waals surface area (Å²) in [5, 5.41) is 14.1. The van der Waals surface area contributed by atoms with Crippen LogP contribution in [0.4, 0.5) is 15.3 Å². The molecule has 0 saturated carbocycles. The summed E-state index contributed by atoms with van der Waals surface area (Å²) in [6.07, 6.45) is -0.237. The largest absolute Gasteiger partial charge is 0.465 e. The number of aliphatic hydroxyl groups excluding tert-OH is 1. The van der Waals surface area contributed by atoms with Gasteiger partial charge in [-0.15, -0.1) is 0 Å². The van der Waals surface area contributed by atoms with Crippen molar-refractivity contribution in [3.63, 3.8) is 0 Å². The van der Waals surface area contributed by atoms with E-state index in [1.807, 2.05) is 18.2 Å². The minimum atomic E-state index is -0.961. The van der Waals surface area contributed by atoms with E-state index in [1.54, 1.807) is 62.9 Å². The molecule has 3 aromatic carbocycles. The molecule has 0 saturated heterocycles. The van der Waals surface area contributed by atoms with E-state index in [1.165, 1.54) is 19.2 Å². The number of fused-ring (bicyclic) bond motifs is 1. The van der Waals surface area contributed by atoms with Gasteiger partial charge >= 0.3 is 18.2 Å². The molecule has 11 heteroatoms. The van der Waals surface area contributed by atoms with Crippen LogP contribution in [0.3, 0.4) is 0 Å². The molecule has 3 aromatic rings. The highest BCUT2D eigenvalue weighted by Gasteiger charge is 2.33. The Kier molecular flexibility index (Phi) is 11.0. The monoisotopic (exact) mass is 638 g/mol. The van der Waals surface area contributed by atoms with Gasteiger partial charge in [0.2, 0.25) is 0 Å². The number of esters is 1. The summed E-state index contributed by atoms with van der Waals surface area (Å²) in [6.45, 7) is 7.31. The Bertz CT molecular complexity index is 1540. The minimum absolute atomic E-state index is 0.0356. The van der Waals surface area contributed by atoms with Crippen molar-refractivity contribution in [1.29, 1.82) is 0 Å². The van der Waals surface area contributed by atoms with Crippen molar-refractivity contribution in [1.82, 2.24) is 4.90 Å². The highest BCUT2D eigenvalue weighted by atomic mass is 35.5. The van der Waals surface area contributed by atoms with Crippen LogP contribution in [0.5, 0.6) is 11.5 Å². The van der Waals surface area contributed by atoms with Crippen molar-refractivity contribution in [2.24, 2.45) is 0 Å². The van der Waals surface area contributed by atoms with Crippen molar-refractivity contribution in [2.45, 2.75) is 64.7 Å². The molecule has 240 valence electrons. The average molecular weight is 639 g/mol. The van der Waals surface area contributed by atoms with Gasteiger partial charge in [-0.05, 0) is 106 Å². The fourth-order valence-electron chi connectivity index (χ4n) is 5.13. The first-order chi connectivity index (χ1) is 21.4. The molecule has 0 unspecified atom stereocenters. The topological polar surface area (TPSA) is 124 Å². The molecule has 1 aliphatic rings. The van der Waals surface area contributed by atoms with E-state index in [9.17, 15) is 19.5 Å². The Morgan fingerprint density at radius 1 is 1.04 bits per heavy atom. The number of nitrogens with zero attached hydrogens (tertiary/aromatic N) is 1. The number of rotatable bonds is 9. The van der Waals surface area contributed by atoms with E-state index < -0.39 is 29.9 Å². The number of hydrogen-bond donors (Lipinski definition) is 2. The molecule has 10 nitrogen and oxygen atoms in total. The number of halogens is 1. The summed E-state index contributed by atoms with van der Waals surface area (Å²) < 4.78 is 21.7. The van der Waals surface area contributed by atoms with E-state index in [-0.39, 0.29) is 30.4 Å². The van der Waals surface area contributed by atoms with Gasteiger partial charge in [-0.25, -0.2) is 14.4 Å². The second-order valence-electron chi connectivity index (χ2n) is 11.7. The Morgan fingerprint density at radius 3 is 2.47 bits per heavy atom. The Balaban J connectivity index is 1.56. The standard InChI is InChI=1S/C34H39ClN2O8/c1-6-43-32(40)36-29-15-14-27(19-28(29)31(39)42-5)44-26-13-11-21-10-12-25(17-23(21)18-26)37(33(41)45-34(2,3)4)20-30(38)22-8-7-9-24(35)16-22/h7-9,11,13-16,18-19,25,30,38H,6,10,12,17,20H2,1-5H3,(H,36,40)/t25-,30+/m0/s1. The average Bonchev–Trinajstić information content (AvgIpc) is 2.99. The van der Waals surface area contributed by atoms with Gasteiger partial charge in [0.15, 0.2) is 0 Å². The summed E-state index contributed by atoms with van der Waals surface area (Å²) in [7, 11) is 1.25. The predicted octanol–water partition coefficient (Wildman–Crippen LogP) is 7.32. The Hall–Kier alpha value is -4.28. The molecule has 0 heterocycles. The number of benzene rings is 3. The van der Waals surface area contributed by atoms with Gasteiger partial charge in [0.25, 0.3) is 0 Å². The van der Waals surface area contributed by atoms with Gasteiger partial charge in [0, 0.05) is 11.1 Å². The molecule has 0 bridgehead atoms. The zero-order chi connectivity index (χ0) is 32.7. The fourth-order valence-corrected chi connectivity index (χ4v) is 5.33. The molecule has 1 aliphatic carbocycles. The van der Waals surface area contributed by atoms with E-state index >= 15 is 0 Å². The third-order valence-corrected chi connectivity index (χ3v) is 7.43. The number of nitrogens with one attached hydrogen (secondary N) is 1. The number of carbonyl (C=O) groups excluding carboxylic acids is 3. The third-order valence-electron chi connectivity index (χ3n) is 7.20. The van der Waals surface area contributed by atoms with Crippen molar-refractivity contribution in [3.05, 3.63) is 87.9 Å². The van der Waals surface area contributed by atoms with E-state index in [2.05, 4.69) is 5.32 Å². The lowest BCUT2D eigenvalue weighted by molar-refractivity contribution is 0.00194. The number of methoxy groups -OCH3 is 1. The molecule has 0 fully saturated rings. The van der Waals surface area contributed by atoms with Gasteiger partial charge in [0.1, 0.15) is 17.1 Å². The Morgan fingerprint density at radius 2 is 1.78 bits per heavy atom. The summed E-state index contributed by atoms with van der Waals surface area (Å²) in [4.78, 5) is 39.4. The van der Waals surface area contributed by atoms with Gasteiger partial charge in [0.05, 0.1) is 37.6 Å². The summed E-state index contributed by atoms with van der Waals surface area (Å²) in [6, 6.07) is 17.1. The molecule has 0 radical (unpaired) electrons. The zero-order valence-corrected chi connectivity index (χ0v) is 26.8. The summed E-state index contributed by atoms with van der Waals surface area (Å²) in [5.74, 6) is 0.235. The van der Waals surface area contributed by atoms with Crippen LogP contribution in [0, 0.1) is 0 Å². The molecule has 0 aromatic heterocycles. The molecule has 0 spiro atoms. The molecule has 2 N–H and O–H groups in total. The highest BCUT2D eigenvalue weighted by Crippen LogP contribution is 2.33. The van der Waals surface area contributed by atoms with Gasteiger partial charge in [-0.1, -0.05) is 29.8 Å². The van der Waals surface area contributed by atoms with Crippen molar-refractivity contribution < 1.29 is 38.4 Å². The first-order valence-corrected chi connectivity index (χ1v) is 15.1. The zero-order valence-electron chi connectivity index (χ0n) is 26.1. The van der Waals surface area contributed by atoms with E-state index in [0.29, 0.717) is 41.3 Å². The maximum absolute atomic E-state index is 13.4. The maximum Gasteiger partial charge on any atom is 0.411 e. The van der Waals surface area contributed by atoms with Crippen LogP contribution in [-0.4, -0.2) is 60.1 Å². The normalized spacial score (nSPS) is 14.9. The number of aliphatic hydroxyl groups is 1. The van der Waals surface area contributed by atoms with Gasteiger partial charge in [-0.3, -0.25) is 5.32 Å². The number of anilines is 1. The maximum atomic E-state index is 13.4. The van der Waals surface area contributed by atoms with Crippen molar-refractivity contribution in [3.8, 4) is 11.5 Å². The lowest BCUT2D eigenvalue weighted by Crippen LogP contribution is -2.47. The van der Waals surface area contributed by atoms with Crippen LogP contribution in [0.15, 0.2) is 60.7 Å². The van der Waals surface area contributed by atoms with E-state index in [4.69, 9.17) is 30.5 Å². The number of hydrogen-bond acceptors (Lipinski definition) is 8. The van der Waals surface area contributed by atoms with E-state index in [0.717, 1.165) is 11.1 Å². The summed E-state index contributed by atoms with van der Waals surface area (Å²) in [5.41, 5.74) is 2.34. The number of ether oxygens (including phenoxy) is 4. The van der Waals surface area contributed by atoms with Crippen LogP contribution in [0.25, 0.3) is 0 Å². The predicted molar refractivity (Wildman–Crippen MR) is 170 cm³/mol. The summed E-state index contributed by atoms with van der Waals surface area (Å²) >= 11 is 6.15. The number of aryl methyl sites for hydroxylation is 1. The van der Waals surface area contributed by atoms with Crippen LogP contribution in [0.2, 0.25) is 5.02 Å². The van der Waals surface area contributed by atoms with Crippen LogP contribution >= 0.6 is 11.6 Å². The van der Waals surface area contributed by atoms with Crippen molar-refractivity contribution >= 4 is 35.4 Å². The molecule has 2 amide bonds. The number of amides is 2. The molecular formula is C34H39ClN2O8. The highest BCUT2D eigenvalue weighted by molar-refractivity contribution is 6.30. The van der Waals surface area contributed by atoms with Crippen LogP contribution < -0.4 is 10.1 Å². The molecule has 0 aliphatic heterocycles. The third kappa shape index (κ3) is 9.12.